The van der Waals surface area contributed by atoms with Crippen molar-refractivity contribution in [3.05, 3.63) is 92.7 Å². The summed E-state index contributed by atoms with van der Waals surface area (Å²) in [5.74, 6) is -8.62. The van der Waals surface area contributed by atoms with Crippen LogP contribution in [0, 0.1) is 5.92 Å². The van der Waals surface area contributed by atoms with Crippen molar-refractivity contribution < 1.29 is 148 Å². The molecule has 0 radical (unpaired) electrons. The number of halogens is 2. The fraction of sp³-hybridized carbons (Fsp3) is 0.597. The first kappa shape index (κ1) is 108. The molecule has 0 aromatic heterocycles. The number of hydrogen-bond acceptors (Lipinski definition) is 30. The topological polar surface area (TPSA) is 639 Å². The Kier molecular flexibility index (Phi) is 56.5. The van der Waals surface area contributed by atoms with E-state index in [-0.39, 0.29) is 65.3 Å². The van der Waals surface area contributed by atoms with Gasteiger partial charge >= 0.3 is 72.3 Å². The van der Waals surface area contributed by atoms with E-state index < -0.39 is 162 Å². The number of aliphatic carboxylic acids is 1. The van der Waals surface area contributed by atoms with E-state index in [1.165, 1.54) is 20.8 Å². The number of cyclic esters (lactones) is 6. The summed E-state index contributed by atoms with van der Waals surface area (Å²) in [6, 6.07) is 13.1. The molecule has 6 atom stereocenters. The Balaban J connectivity index is 0. The van der Waals surface area contributed by atoms with Crippen molar-refractivity contribution in [2.45, 2.75) is 208 Å². The summed E-state index contributed by atoms with van der Waals surface area (Å²) in [5.41, 5.74) is 20.0. The van der Waals surface area contributed by atoms with Gasteiger partial charge in [-0.05, 0) is 108 Å². The van der Waals surface area contributed by atoms with E-state index in [2.05, 4.69) is 92.6 Å². The number of ether oxygens (including phenoxy) is 10. The van der Waals surface area contributed by atoms with E-state index in [0.717, 1.165) is 17.7 Å². The number of carboxylic acids is 1. The molecule has 3 aliphatic rings. The monoisotopic (exact) mass is 1680 g/mol. The number of quaternary nitrogens is 1. The summed E-state index contributed by atoms with van der Waals surface area (Å²) in [6.07, 6.45) is -4.66. The average molecular weight is 1680 g/mol. The fourth-order valence-corrected chi connectivity index (χ4v) is 8.78. The fourth-order valence-electron chi connectivity index (χ4n) is 8.78. The first-order valence-corrected chi connectivity index (χ1v) is 36.7. The number of nitrogens with zero attached hydrogens (tertiary/aromatic N) is 6. The number of hydrogen-bond donors (Lipinski definition) is 10. The number of alkyl carbamates (subject to hydrolysis) is 5. The number of carboxylic acid groups (broad SMARTS) is 1. The van der Waals surface area contributed by atoms with Crippen LogP contribution in [0.3, 0.4) is 0 Å². The molecule has 658 valence electrons. The van der Waals surface area contributed by atoms with Crippen molar-refractivity contribution in [3.8, 4) is 0 Å². The maximum atomic E-state index is 13.4. The third kappa shape index (κ3) is 59.3. The van der Waals surface area contributed by atoms with Gasteiger partial charge < -0.3 is 111 Å². The third-order valence-electron chi connectivity index (χ3n) is 13.5. The lowest BCUT2D eigenvalue weighted by Gasteiger charge is -2.26. The maximum Gasteiger partial charge on any atom is 0.415 e. The number of esters is 7. The summed E-state index contributed by atoms with van der Waals surface area (Å²) in [7, 11) is 0. The Bertz CT molecular complexity index is 3620. The average Bonchev–Trinajstić information content (AvgIpc) is 1.44. The Morgan fingerprint density at radius 2 is 0.992 bits per heavy atom. The van der Waals surface area contributed by atoms with Crippen LogP contribution in [0.5, 0.6) is 0 Å². The standard InChI is InChI=1S/C32H50N8O9.C14H16N2O5.C9H13NO5.C7H11NO3.C4H10N4O.C4H6O3.C2H2F2O2/c1-6-11-24(29(44)39-26(20-27(42)49-32(3,4)5)28(43)34-16-18-47-19-17-36-40-33)38-30(45)25(37-22(2)41)14-10-15-35-31(46)48-21-23-12-8-7-9-13-23;17-12-11(16-14(19)21-12)7-4-8-15-13(18)20-9-10-5-2-1-3-6-10;1-9(2,3)15-6(11)4-5-7(12)14-8(13)10-5;1-4(2)3-5-6(9)11-7(10)8-5;5-1-3-9-4-2-7-8-6;1-3(5)7-4(2)6;3-1(4)2(5)6/h7-9,12-13,24-26H,6,10-11,14-21H2,1-5H3,(H,34,43)(H,35,46)(H,37,41)(H,38,45)(H,39,44);1-3,5-6,11H,4,7-9H2,(H,15,18)(H,16,19);5H,4H2,1-3H3,(H,10,13);4-5H,3H2,1-2H3,(H,8,10);1-5H2;1-2H3;1H,(H,5,6)/t24-,25+,26+;11-;2*5-;;;/m1001.../s1. The smallest absolute Gasteiger partial charge is 0.415 e. The first-order valence-electron chi connectivity index (χ1n) is 36.7. The van der Waals surface area contributed by atoms with Gasteiger partial charge in [-0.15, -0.1) is 0 Å². The summed E-state index contributed by atoms with van der Waals surface area (Å²) in [6.45, 7) is 23.1. The Morgan fingerprint density at radius 3 is 1.38 bits per heavy atom. The van der Waals surface area contributed by atoms with E-state index >= 15 is 0 Å². The molecular weight excluding hydrogens is 1570 g/mol. The first-order chi connectivity index (χ1) is 55.4. The highest BCUT2D eigenvalue weighted by molar-refractivity contribution is 5.98. The number of azide groups is 2. The minimum Gasteiger partial charge on any atom is -0.544 e. The molecule has 2 aromatic rings. The summed E-state index contributed by atoms with van der Waals surface area (Å²) >= 11 is 0. The molecule has 3 saturated heterocycles. The van der Waals surface area contributed by atoms with Gasteiger partial charge in [0.25, 0.3) is 6.43 Å². The molecule has 118 heavy (non-hydrogen) atoms. The van der Waals surface area contributed by atoms with Crippen LogP contribution in [0.4, 0.5) is 32.8 Å². The minimum atomic E-state index is -3.34. The van der Waals surface area contributed by atoms with Crippen molar-refractivity contribution in [2.75, 3.05) is 65.7 Å². The number of alkyl halides is 2. The Morgan fingerprint density at radius 1 is 0.568 bits per heavy atom. The van der Waals surface area contributed by atoms with Crippen LogP contribution in [-0.4, -0.2) is 221 Å². The van der Waals surface area contributed by atoms with E-state index in [4.69, 9.17) is 49.4 Å². The van der Waals surface area contributed by atoms with Gasteiger partial charge in [0.05, 0.1) is 45.8 Å². The Labute approximate surface area is 678 Å². The van der Waals surface area contributed by atoms with Gasteiger partial charge in [-0.2, -0.15) is 0 Å². The van der Waals surface area contributed by atoms with E-state index in [0.29, 0.717) is 64.3 Å². The second-order valence-electron chi connectivity index (χ2n) is 26.8. The number of carbonyl (C=O) groups excluding carboxylic acids is 17. The number of carbonyl (C=O) groups is 17. The van der Waals surface area contributed by atoms with E-state index in [1.807, 2.05) is 74.5 Å². The van der Waals surface area contributed by atoms with Crippen molar-refractivity contribution >= 4 is 102 Å². The van der Waals surface area contributed by atoms with Gasteiger partial charge in [0.2, 0.25) is 23.6 Å². The van der Waals surface area contributed by atoms with Crippen LogP contribution in [0.1, 0.15) is 152 Å². The Hall–Kier alpha value is -12.4. The molecule has 44 nitrogen and oxygen atoms in total. The summed E-state index contributed by atoms with van der Waals surface area (Å²) < 4.78 is 68.5. The normalized spacial score (nSPS) is 14.7. The predicted molar refractivity (Wildman–Crippen MR) is 404 cm³/mol. The molecule has 0 spiro atoms. The molecule has 0 saturated carbocycles. The molecular formula is C72H108F2N16O28. The summed E-state index contributed by atoms with van der Waals surface area (Å²) in [5, 5.41) is 38.0. The molecule has 0 aliphatic carbocycles. The lowest BCUT2D eigenvalue weighted by Crippen LogP contribution is -2.57. The van der Waals surface area contributed by atoms with Crippen molar-refractivity contribution in [1.29, 1.82) is 0 Å². The molecule has 0 bridgehead atoms. The molecule has 3 aliphatic heterocycles. The molecule has 2 aromatic carbocycles. The number of nitrogens with one attached hydrogen (secondary N) is 9. The van der Waals surface area contributed by atoms with E-state index in [9.17, 15) is 85.5 Å². The molecule has 0 unspecified atom stereocenters. The second-order valence-corrected chi connectivity index (χ2v) is 26.8. The highest BCUT2D eigenvalue weighted by Gasteiger charge is 2.37. The third-order valence-corrected chi connectivity index (χ3v) is 13.5. The van der Waals surface area contributed by atoms with Gasteiger partial charge in [-0.3, -0.25) is 38.4 Å². The zero-order valence-corrected chi connectivity index (χ0v) is 67.8. The summed E-state index contributed by atoms with van der Waals surface area (Å²) in [4.78, 5) is 197. The molecule has 46 heteroatoms. The lowest BCUT2D eigenvalue weighted by atomic mass is 10.0. The van der Waals surface area contributed by atoms with Crippen molar-refractivity contribution in [2.24, 2.45) is 16.1 Å². The van der Waals surface area contributed by atoms with Crippen LogP contribution in [0.25, 0.3) is 20.9 Å². The number of benzene rings is 2. The lowest BCUT2D eigenvalue weighted by molar-refractivity contribution is -0.374. The van der Waals surface area contributed by atoms with Crippen LogP contribution in [0.2, 0.25) is 0 Å². The maximum absolute atomic E-state index is 13.4. The SMILES string of the molecule is CC(=O)OC(C)=O.CC(C)(C)OC(=O)C[C@@H]1NC(=O)OC1=O.CC(C)C[C@H]1NC(=O)OC1=O.CCC[C@@H](NC(=O)[C@H](CCCNC(=O)OCc1ccccc1)NC(C)=O)C(=O)N[C@@H](CC(=O)OC(C)(C)C)C(=O)NCCOCCN=[N+]=[N-].O=C(NCCC[C@@H]1NC(=O)OC1=O)OCc1ccccc1.O=C([O-])C(F)F.[N-]=[N+]=NCCOCC[NH3+]. The van der Waals surface area contributed by atoms with Gasteiger partial charge in [0.1, 0.15) is 66.6 Å². The van der Waals surface area contributed by atoms with E-state index in [1.54, 1.807) is 48.5 Å². The van der Waals surface area contributed by atoms with Crippen LogP contribution >= 0.6 is 0 Å². The predicted octanol–water partition coefficient (Wildman–Crippen LogP) is 3.14. The molecule has 12 N–H and O–H groups in total. The number of amides is 9. The quantitative estimate of drug-likeness (QED) is 0.00878. The highest BCUT2D eigenvalue weighted by atomic mass is 19.3. The minimum absolute atomic E-state index is 0.0446. The highest BCUT2D eigenvalue weighted by Crippen LogP contribution is 2.15. The molecule has 3 heterocycles. The van der Waals surface area contributed by atoms with Crippen LogP contribution < -0.4 is 58.7 Å². The molecule has 5 rings (SSSR count). The van der Waals surface area contributed by atoms with Crippen LogP contribution in [0.15, 0.2) is 70.9 Å². The molecule has 9 amide bonds. The van der Waals surface area contributed by atoms with Crippen molar-refractivity contribution in [1.82, 2.24) is 47.9 Å². The second kappa shape index (κ2) is 62.0. The van der Waals surface area contributed by atoms with Gasteiger partial charge in [-0.1, -0.05) is 98.1 Å². The zero-order valence-electron chi connectivity index (χ0n) is 67.8. The zero-order chi connectivity index (χ0) is 89.8. The van der Waals surface area contributed by atoms with Crippen LogP contribution in [-0.2, 0) is 118 Å². The van der Waals surface area contributed by atoms with Crippen molar-refractivity contribution in [3.63, 3.8) is 0 Å². The van der Waals surface area contributed by atoms with Gasteiger partial charge in [0, 0.05) is 63.3 Å². The van der Waals surface area contributed by atoms with Gasteiger partial charge in [0.15, 0.2) is 0 Å². The largest absolute Gasteiger partial charge is 0.544 e. The van der Waals surface area contributed by atoms with Gasteiger partial charge in [-0.25, -0.2) is 47.1 Å². The molecule has 3 fully saturated rings. The number of rotatable bonds is 38.